The van der Waals surface area contributed by atoms with Gasteiger partial charge in [0.25, 0.3) is 0 Å². The first-order chi connectivity index (χ1) is 21.8. The SMILES string of the molecule is N#Cc1ccc2oc3cccc(-n4c5ccccc5c5cc(-n6c7ccccc7n7c8ccccc8nc67)ccc54)c3c2c1. The second-order valence-corrected chi connectivity index (χ2v) is 11.2. The van der Waals surface area contributed by atoms with Crippen molar-refractivity contribution >= 4 is 71.6 Å². The van der Waals surface area contributed by atoms with Crippen molar-refractivity contribution in [1.29, 1.82) is 5.26 Å². The molecule has 0 aliphatic rings. The summed E-state index contributed by atoms with van der Waals surface area (Å²) in [4.78, 5) is 5.08. The molecule has 0 atom stereocenters. The molecule has 6 nitrogen and oxygen atoms in total. The maximum atomic E-state index is 9.63. The molecule has 0 amide bonds. The second-order valence-electron chi connectivity index (χ2n) is 11.2. The Morgan fingerprint density at radius 2 is 1.34 bits per heavy atom. The molecule has 4 aromatic heterocycles. The van der Waals surface area contributed by atoms with Crippen LogP contribution < -0.4 is 0 Å². The van der Waals surface area contributed by atoms with Gasteiger partial charge < -0.3 is 8.98 Å². The van der Waals surface area contributed by atoms with Crippen LogP contribution in [0.1, 0.15) is 5.56 Å². The number of hydrogen-bond donors (Lipinski definition) is 0. The fourth-order valence-electron chi connectivity index (χ4n) is 7.03. The molecular formula is C38H21N5O. The van der Waals surface area contributed by atoms with E-state index in [2.05, 4.69) is 111 Å². The van der Waals surface area contributed by atoms with Crippen LogP contribution in [-0.4, -0.2) is 18.5 Å². The second kappa shape index (κ2) is 8.37. The number of nitrogens with zero attached hydrogens (tertiary/aromatic N) is 5. The molecule has 0 N–H and O–H groups in total. The zero-order chi connectivity index (χ0) is 28.9. The molecule has 6 aromatic carbocycles. The van der Waals surface area contributed by atoms with Gasteiger partial charge in [0.05, 0.1) is 55.8 Å². The minimum atomic E-state index is 0.610. The summed E-state index contributed by atoms with van der Waals surface area (Å²) >= 11 is 0. The van der Waals surface area contributed by atoms with Crippen LogP contribution in [0.25, 0.3) is 83.0 Å². The van der Waals surface area contributed by atoms with E-state index in [1.807, 2.05) is 30.3 Å². The van der Waals surface area contributed by atoms with Crippen LogP contribution in [0.3, 0.4) is 0 Å². The van der Waals surface area contributed by atoms with E-state index in [0.717, 1.165) is 83.0 Å². The van der Waals surface area contributed by atoms with Gasteiger partial charge in [0.2, 0.25) is 5.78 Å². The lowest BCUT2D eigenvalue weighted by atomic mass is 10.1. The number of para-hydroxylation sites is 5. The lowest BCUT2D eigenvalue weighted by Crippen LogP contribution is -1.97. The van der Waals surface area contributed by atoms with Gasteiger partial charge in [-0.25, -0.2) is 4.98 Å². The molecule has 0 saturated heterocycles. The summed E-state index contributed by atoms with van der Waals surface area (Å²) in [5, 5.41) is 13.9. The number of imidazole rings is 2. The Balaban J connectivity index is 1.30. The maximum Gasteiger partial charge on any atom is 0.220 e. The molecule has 0 aliphatic carbocycles. The van der Waals surface area contributed by atoms with Crippen molar-refractivity contribution < 1.29 is 4.42 Å². The molecule has 6 heteroatoms. The summed E-state index contributed by atoms with van der Waals surface area (Å²) in [7, 11) is 0. The summed E-state index contributed by atoms with van der Waals surface area (Å²) in [6, 6.07) is 46.0. The lowest BCUT2D eigenvalue weighted by molar-refractivity contribution is 0.669. The van der Waals surface area contributed by atoms with Crippen LogP contribution in [0.15, 0.2) is 132 Å². The fraction of sp³-hybridized carbons (Fsp3) is 0. The summed E-state index contributed by atoms with van der Waals surface area (Å²) in [6.07, 6.45) is 0. The van der Waals surface area contributed by atoms with Crippen molar-refractivity contribution in [3.8, 4) is 17.4 Å². The van der Waals surface area contributed by atoms with Crippen LogP contribution in [0, 0.1) is 11.3 Å². The molecule has 0 fully saturated rings. The van der Waals surface area contributed by atoms with Gasteiger partial charge in [-0.15, -0.1) is 0 Å². The van der Waals surface area contributed by atoms with Crippen LogP contribution >= 0.6 is 0 Å². The van der Waals surface area contributed by atoms with E-state index in [4.69, 9.17) is 9.40 Å². The van der Waals surface area contributed by atoms with Crippen molar-refractivity contribution in [3.63, 3.8) is 0 Å². The van der Waals surface area contributed by atoms with Crippen LogP contribution in [-0.2, 0) is 0 Å². The quantitative estimate of drug-likeness (QED) is 0.211. The molecule has 0 aliphatic heterocycles. The van der Waals surface area contributed by atoms with E-state index in [0.29, 0.717) is 5.56 Å². The molecule has 4 heterocycles. The smallest absolute Gasteiger partial charge is 0.220 e. The predicted molar refractivity (Wildman–Crippen MR) is 176 cm³/mol. The highest BCUT2D eigenvalue weighted by Gasteiger charge is 2.21. The zero-order valence-corrected chi connectivity index (χ0v) is 23.3. The summed E-state index contributed by atoms with van der Waals surface area (Å²) < 4.78 is 13.1. The largest absolute Gasteiger partial charge is 0.456 e. The third-order valence-electron chi connectivity index (χ3n) is 8.86. The van der Waals surface area contributed by atoms with Crippen molar-refractivity contribution in [1.82, 2.24) is 18.5 Å². The minimum absolute atomic E-state index is 0.610. The number of fused-ring (bicyclic) bond motifs is 11. The highest BCUT2D eigenvalue weighted by atomic mass is 16.3. The minimum Gasteiger partial charge on any atom is -0.456 e. The first-order valence-electron chi connectivity index (χ1n) is 14.5. The summed E-state index contributed by atoms with van der Waals surface area (Å²) in [6.45, 7) is 0. The van der Waals surface area contributed by atoms with E-state index >= 15 is 0 Å². The van der Waals surface area contributed by atoms with Crippen molar-refractivity contribution in [3.05, 3.63) is 133 Å². The number of aromatic nitrogens is 4. The van der Waals surface area contributed by atoms with Gasteiger partial charge in [-0.05, 0) is 78.9 Å². The van der Waals surface area contributed by atoms with E-state index in [-0.39, 0.29) is 0 Å². The molecule has 0 saturated carbocycles. The Kier molecular flexibility index (Phi) is 4.43. The molecule has 204 valence electrons. The van der Waals surface area contributed by atoms with Crippen LogP contribution in [0.5, 0.6) is 0 Å². The van der Waals surface area contributed by atoms with E-state index < -0.39 is 0 Å². The highest BCUT2D eigenvalue weighted by molar-refractivity contribution is 6.15. The first kappa shape index (κ1) is 23.3. The average molecular weight is 564 g/mol. The molecule has 0 unspecified atom stereocenters. The van der Waals surface area contributed by atoms with Gasteiger partial charge in [0.15, 0.2) is 0 Å². The third kappa shape index (κ3) is 2.95. The number of rotatable bonds is 2. The molecule has 0 radical (unpaired) electrons. The molecule has 0 spiro atoms. The van der Waals surface area contributed by atoms with Crippen molar-refractivity contribution in [2.45, 2.75) is 0 Å². The molecule has 10 rings (SSSR count). The topological polar surface area (TPSA) is 64.1 Å². The fourth-order valence-corrected chi connectivity index (χ4v) is 7.03. The normalized spacial score (nSPS) is 12.1. The van der Waals surface area contributed by atoms with E-state index in [1.165, 1.54) is 0 Å². The van der Waals surface area contributed by atoms with Gasteiger partial charge in [-0.3, -0.25) is 8.97 Å². The molecule has 0 bridgehead atoms. The van der Waals surface area contributed by atoms with Crippen LogP contribution in [0.4, 0.5) is 0 Å². The number of benzene rings is 6. The van der Waals surface area contributed by atoms with Crippen molar-refractivity contribution in [2.24, 2.45) is 0 Å². The Labute approximate surface area is 249 Å². The zero-order valence-electron chi connectivity index (χ0n) is 23.3. The van der Waals surface area contributed by atoms with Crippen molar-refractivity contribution in [2.75, 3.05) is 0 Å². The number of furan rings is 1. The van der Waals surface area contributed by atoms with E-state index in [1.54, 1.807) is 6.07 Å². The Morgan fingerprint density at radius 3 is 2.23 bits per heavy atom. The standard InChI is InChI=1S/C38H21N5O/c39-22-23-16-19-35-27(20-23)37-34(14-7-15-36(37)44-35)42-29-10-3-1-8-25(29)26-21-24(17-18-30(26)42)41-32-12-5-6-13-33(32)43-31-11-4-2-9-28(31)40-38(41)43/h1-21H. The summed E-state index contributed by atoms with van der Waals surface area (Å²) in [5.41, 5.74) is 10.7. The Morgan fingerprint density at radius 1 is 0.568 bits per heavy atom. The third-order valence-corrected chi connectivity index (χ3v) is 8.86. The van der Waals surface area contributed by atoms with Gasteiger partial charge in [-0.2, -0.15) is 5.26 Å². The average Bonchev–Trinajstić information content (AvgIpc) is 3.81. The monoisotopic (exact) mass is 563 g/mol. The van der Waals surface area contributed by atoms with Gasteiger partial charge in [-0.1, -0.05) is 48.5 Å². The van der Waals surface area contributed by atoms with Crippen LogP contribution in [0.2, 0.25) is 0 Å². The highest BCUT2D eigenvalue weighted by Crippen LogP contribution is 2.40. The Bertz CT molecular complexity index is 2850. The lowest BCUT2D eigenvalue weighted by Gasteiger charge is -2.10. The summed E-state index contributed by atoms with van der Waals surface area (Å²) in [5.74, 6) is 0.887. The maximum absolute atomic E-state index is 9.63. The van der Waals surface area contributed by atoms with E-state index in [9.17, 15) is 5.26 Å². The van der Waals surface area contributed by atoms with Gasteiger partial charge >= 0.3 is 0 Å². The number of hydrogen-bond acceptors (Lipinski definition) is 3. The molecule has 44 heavy (non-hydrogen) atoms. The van der Waals surface area contributed by atoms with Gasteiger partial charge in [0, 0.05) is 21.8 Å². The predicted octanol–water partition coefficient (Wildman–Crippen LogP) is 9.30. The number of nitriles is 1. The van der Waals surface area contributed by atoms with Gasteiger partial charge in [0.1, 0.15) is 11.2 Å². The Hall–Kier alpha value is -6.32. The first-order valence-corrected chi connectivity index (χ1v) is 14.5. The molecule has 10 aromatic rings. The molecular weight excluding hydrogens is 542 g/mol.